The molecule has 0 bridgehead atoms. The first kappa shape index (κ1) is 22.9. The highest BCUT2D eigenvalue weighted by Crippen LogP contribution is 2.24. The molecule has 2 aromatic rings. The zero-order chi connectivity index (χ0) is 19.1. The fraction of sp³-hybridized carbons (Fsp3) is 0.524. The molecule has 1 fully saturated rings. The third kappa shape index (κ3) is 6.34. The van der Waals surface area contributed by atoms with E-state index >= 15 is 0 Å². The van der Waals surface area contributed by atoms with Crippen molar-refractivity contribution in [2.24, 2.45) is 4.99 Å². The summed E-state index contributed by atoms with van der Waals surface area (Å²) < 4.78 is 0. The van der Waals surface area contributed by atoms with Crippen LogP contribution in [0.2, 0.25) is 0 Å². The Morgan fingerprint density at radius 3 is 2.75 bits per heavy atom. The van der Waals surface area contributed by atoms with E-state index in [9.17, 15) is 0 Å². The molecule has 1 atom stereocenters. The molecule has 0 radical (unpaired) electrons. The maximum Gasteiger partial charge on any atom is 0.192 e. The summed E-state index contributed by atoms with van der Waals surface area (Å²) in [5.41, 5.74) is 2.61. The van der Waals surface area contributed by atoms with Crippen LogP contribution in [0.4, 0.5) is 5.69 Å². The number of guanidine groups is 1. The van der Waals surface area contributed by atoms with Gasteiger partial charge in [0.05, 0.1) is 12.6 Å². The zero-order valence-electron chi connectivity index (χ0n) is 17.1. The first-order valence-electron chi connectivity index (χ1n) is 10.0. The van der Waals surface area contributed by atoms with Gasteiger partial charge < -0.3 is 15.5 Å². The number of rotatable bonds is 7. The molecule has 7 heteroatoms. The Balaban J connectivity index is 0.00000280. The van der Waals surface area contributed by atoms with Crippen molar-refractivity contribution < 1.29 is 0 Å². The first-order chi connectivity index (χ1) is 13.2. The highest BCUT2D eigenvalue weighted by atomic mass is 127. The molecule has 28 heavy (non-hydrogen) atoms. The van der Waals surface area contributed by atoms with Crippen LogP contribution in [0.1, 0.15) is 55.1 Å². The van der Waals surface area contributed by atoms with Gasteiger partial charge in [0, 0.05) is 36.4 Å². The van der Waals surface area contributed by atoms with Gasteiger partial charge in [-0.15, -0.1) is 35.3 Å². The molecule has 0 saturated carbocycles. The van der Waals surface area contributed by atoms with Gasteiger partial charge in [-0.05, 0) is 50.8 Å². The monoisotopic (exact) mass is 513 g/mol. The SMILES string of the molecule is CCNC(=NCc1ncc(CC)s1)NC(C)c1cccc(N2CCCC2)c1.I. The molecule has 0 aliphatic carbocycles. The molecule has 1 aliphatic rings. The van der Waals surface area contributed by atoms with Crippen LogP contribution in [-0.2, 0) is 13.0 Å². The van der Waals surface area contributed by atoms with Crippen molar-refractivity contribution >= 4 is 47.0 Å². The predicted molar refractivity (Wildman–Crippen MR) is 131 cm³/mol. The minimum Gasteiger partial charge on any atom is -0.372 e. The summed E-state index contributed by atoms with van der Waals surface area (Å²) in [6.07, 6.45) is 5.59. The van der Waals surface area contributed by atoms with Crippen molar-refractivity contribution in [2.75, 3.05) is 24.5 Å². The van der Waals surface area contributed by atoms with E-state index in [4.69, 9.17) is 4.99 Å². The van der Waals surface area contributed by atoms with E-state index in [-0.39, 0.29) is 30.0 Å². The number of aromatic nitrogens is 1. The third-order valence-corrected chi connectivity index (χ3v) is 5.99. The van der Waals surface area contributed by atoms with Gasteiger partial charge in [0.25, 0.3) is 0 Å². The molecule has 0 spiro atoms. The number of nitrogens with zero attached hydrogens (tertiary/aromatic N) is 3. The molecule has 2 heterocycles. The van der Waals surface area contributed by atoms with E-state index in [0.29, 0.717) is 6.54 Å². The van der Waals surface area contributed by atoms with E-state index in [0.717, 1.165) is 23.9 Å². The molecule has 2 N–H and O–H groups in total. The molecule has 1 saturated heterocycles. The zero-order valence-corrected chi connectivity index (χ0v) is 20.2. The van der Waals surface area contributed by atoms with Gasteiger partial charge in [-0.1, -0.05) is 19.1 Å². The summed E-state index contributed by atoms with van der Waals surface area (Å²) in [5.74, 6) is 0.838. The summed E-state index contributed by atoms with van der Waals surface area (Å²) in [5, 5.41) is 7.95. The van der Waals surface area contributed by atoms with Gasteiger partial charge in [-0.3, -0.25) is 0 Å². The van der Waals surface area contributed by atoms with Crippen molar-refractivity contribution in [2.45, 2.75) is 52.6 Å². The third-order valence-electron chi connectivity index (χ3n) is 4.86. The summed E-state index contributed by atoms with van der Waals surface area (Å²) in [6.45, 7) is 10.2. The summed E-state index contributed by atoms with van der Waals surface area (Å²) >= 11 is 1.74. The van der Waals surface area contributed by atoms with E-state index < -0.39 is 0 Å². The van der Waals surface area contributed by atoms with Crippen LogP contribution < -0.4 is 15.5 Å². The maximum atomic E-state index is 4.73. The van der Waals surface area contributed by atoms with E-state index in [1.807, 2.05) is 6.20 Å². The average molecular weight is 513 g/mol. The smallest absolute Gasteiger partial charge is 0.192 e. The lowest BCUT2D eigenvalue weighted by Crippen LogP contribution is -2.38. The molecule has 5 nitrogen and oxygen atoms in total. The number of nitrogens with one attached hydrogen (secondary N) is 2. The lowest BCUT2D eigenvalue weighted by Gasteiger charge is -2.22. The number of hydrogen-bond donors (Lipinski definition) is 2. The molecule has 1 aromatic carbocycles. The summed E-state index contributed by atoms with van der Waals surface area (Å²) in [7, 11) is 0. The van der Waals surface area contributed by atoms with Crippen LogP contribution in [0.5, 0.6) is 0 Å². The summed E-state index contributed by atoms with van der Waals surface area (Å²) in [6, 6.07) is 9.06. The Bertz CT molecular complexity index is 755. The van der Waals surface area contributed by atoms with Gasteiger partial charge in [0.1, 0.15) is 5.01 Å². The Labute approximate surface area is 190 Å². The second-order valence-electron chi connectivity index (χ2n) is 6.92. The Morgan fingerprint density at radius 2 is 2.07 bits per heavy atom. The van der Waals surface area contributed by atoms with Gasteiger partial charge in [0.2, 0.25) is 0 Å². The van der Waals surface area contributed by atoms with Crippen molar-refractivity contribution in [1.29, 1.82) is 0 Å². The minimum atomic E-state index is 0. The van der Waals surface area contributed by atoms with E-state index in [1.54, 1.807) is 11.3 Å². The topological polar surface area (TPSA) is 52.6 Å². The Morgan fingerprint density at radius 1 is 1.29 bits per heavy atom. The van der Waals surface area contributed by atoms with Crippen LogP contribution in [0.15, 0.2) is 35.5 Å². The largest absolute Gasteiger partial charge is 0.372 e. The first-order valence-corrected chi connectivity index (χ1v) is 10.8. The number of halogens is 1. The fourth-order valence-corrected chi connectivity index (χ4v) is 4.09. The standard InChI is InChI=1S/C21H31N5S.HI/c1-4-19-14-23-20(27-19)15-24-21(22-5-2)25-16(3)17-9-8-10-18(13-17)26-11-6-7-12-26;/h8-10,13-14,16H,4-7,11-12,15H2,1-3H3,(H2,22,24,25);1H. The van der Waals surface area contributed by atoms with Crippen LogP contribution in [0.3, 0.4) is 0 Å². The number of thiazole rings is 1. The maximum absolute atomic E-state index is 4.73. The number of hydrogen-bond acceptors (Lipinski definition) is 4. The summed E-state index contributed by atoms with van der Waals surface area (Å²) in [4.78, 5) is 13.0. The van der Waals surface area contributed by atoms with Crippen molar-refractivity contribution in [3.8, 4) is 0 Å². The molecule has 0 amide bonds. The predicted octanol–water partition coefficient (Wildman–Crippen LogP) is 4.74. The molecular formula is C21H32IN5S. The highest BCUT2D eigenvalue weighted by Gasteiger charge is 2.14. The van der Waals surface area contributed by atoms with Crippen LogP contribution in [0, 0.1) is 0 Å². The molecular weight excluding hydrogens is 481 g/mol. The fourth-order valence-electron chi connectivity index (χ4n) is 3.31. The Hall–Kier alpha value is -1.35. The van der Waals surface area contributed by atoms with Crippen molar-refractivity contribution in [3.05, 3.63) is 45.9 Å². The van der Waals surface area contributed by atoms with Crippen LogP contribution in [-0.4, -0.2) is 30.6 Å². The van der Waals surface area contributed by atoms with E-state index in [1.165, 1.54) is 42.1 Å². The quantitative estimate of drug-likeness (QED) is 0.319. The number of anilines is 1. The second-order valence-corrected chi connectivity index (χ2v) is 8.12. The number of benzene rings is 1. The van der Waals surface area contributed by atoms with Gasteiger partial charge in [0.15, 0.2) is 5.96 Å². The lowest BCUT2D eigenvalue weighted by atomic mass is 10.1. The van der Waals surface area contributed by atoms with E-state index in [2.05, 4.69) is 65.6 Å². The normalized spacial score (nSPS) is 15.2. The van der Waals surface area contributed by atoms with Gasteiger partial charge >= 0.3 is 0 Å². The molecule has 3 rings (SSSR count). The van der Waals surface area contributed by atoms with Crippen molar-refractivity contribution in [1.82, 2.24) is 15.6 Å². The average Bonchev–Trinajstić information content (AvgIpc) is 3.38. The van der Waals surface area contributed by atoms with Gasteiger partial charge in [-0.2, -0.15) is 0 Å². The van der Waals surface area contributed by atoms with Gasteiger partial charge in [-0.25, -0.2) is 9.98 Å². The number of aryl methyl sites for hydroxylation is 1. The lowest BCUT2D eigenvalue weighted by molar-refractivity contribution is 0.686. The van der Waals surface area contributed by atoms with Crippen LogP contribution >= 0.6 is 35.3 Å². The molecule has 1 aliphatic heterocycles. The number of aliphatic imine (C=N–C) groups is 1. The van der Waals surface area contributed by atoms with Crippen molar-refractivity contribution in [3.63, 3.8) is 0 Å². The molecule has 1 aromatic heterocycles. The minimum absolute atomic E-state index is 0. The highest BCUT2D eigenvalue weighted by molar-refractivity contribution is 14.0. The molecule has 154 valence electrons. The molecule has 1 unspecified atom stereocenters. The Kier molecular flexibility index (Phi) is 9.50. The van der Waals surface area contributed by atoms with Crippen LogP contribution in [0.25, 0.3) is 0 Å². The second kappa shape index (κ2) is 11.6.